The normalized spacial score (nSPS) is 17.1. The molecule has 1 aromatic carbocycles. The van der Waals surface area contributed by atoms with Crippen LogP contribution in [0.25, 0.3) is 0 Å². The molecule has 1 fully saturated rings. The average molecular weight is 283 g/mol. The van der Waals surface area contributed by atoms with Gasteiger partial charge >= 0.3 is 5.97 Å². The van der Waals surface area contributed by atoms with Crippen LogP contribution in [0, 0.1) is 5.92 Å². The number of nitrogens with one attached hydrogen (secondary N) is 1. The molecule has 0 bridgehead atoms. The molecule has 2 rings (SSSR count). The summed E-state index contributed by atoms with van der Waals surface area (Å²) >= 11 is 0. The van der Waals surface area contributed by atoms with Gasteiger partial charge < -0.3 is 5.11 Å². The second-order valence-electron chi connectivity index (χ2n) is 5.03. The lowest BCUT2D eigenvalue weighted by atomic mass is 10.2. The molecule has 0 heterocycles. The Morgan fingerprint density at radius 2 is 1.95 bits per heavy atom. The van der Waals surface area contributed by atoms with Crippen molar-refractivity contribution in [1.82, 2.24) is 4.72 Å². The Bertz CT molecular complexity index is 561. The van der Waals surface area contributed by atoms with Crippen molar-refractivity contribution >= 4 is 16.0 Å². The molecule has 1 aliphatic carbocycles. The summed E-state index contributed by atoms with van der Waals surface area (Å²) in [4.78, 5) is 10.8. The van der Waals surface area contributed by atoms with Gasteiger partial charge in [0.1, 0.15) is 0 Å². The van der Waals surface area contributed by atoms with E-state index in [4.69, 9.17) is 5.11 Å². The minimum absolute atomic E-state index is 0.0741. The van der Waals surface area contributed by atoms with Gasteiger partial charge in [-0.25, -0.2) is 17.9 Å². The van der Waals surface area contributed by atoms with Gasteiger partial charge in [0.05, 0.1) is 10.5 Å². The quantitative estimate of drug-likeness (QED) is 0.834. The molecule has 0 amide bonds. The highest BCUT2D eigenvalue weighted by Crippen LogP contribution is 2.33. The zero-order valence-corrected chi connectivity index (χ0v) is 11.5. The molecule has 0 aromatic heterocycles. The van der Waals surface area contributed by atoms with Crippen molar-refractivity contribution in [3.05, 3.63) is 29.8 Å². The molecule has 1 saturated carbocycles. The standard InChI is InChI=1S/C13H17NO4S/c1-9(8-10-2-3-10)14-19(17,18)12-6-4-11(5-7-12)13(15)16/h4-7,9-10,14H,2-3,8H2,1H3,(H,15,16). The fraction of sp³-hybridized carbons (Fsp3) is 0.462. The molecular weight excluding hydrogens is 266 g/mol. The first-order valence-electron chi connectivity index (χ1n) is 6.24. The van der Waals surface area contributed by atoms with Gasteiger partial charge in [-0.15, -0.1) is 0 Å². The highest BCUT2D eigenvalue weighted by Gasteiger charge is 2.26. The Kier molecular flexibility index (Phi) is 3.91. The fourth-order valence-corrected chi connectivity index (χ4v) is 3.27. The second kappa shape index (κ2) is 5.30. The van der Waals surface area contributed by atoms with Gasteiger partial charge in [-0.3, -0.25) is 0 Å². The number of carboxylic acid groups (broad SMARTS) is 1. The Morgan fingerprint density at radius 3 is 2.42 bits per heavy atom. The minimum atomic E-state index is -3.56. The Morgan fingerprint density at radius 1 is 1.37 bits per heavy atom. The Labute approximate surface area is 112 Å². The molecule has 0 saturated heterocycles. The van der Waals surface area contributed by atoms with E-state index in [-0.39, 0.29) is 16.5 Å². The molecule has 1 unspecified atom stereocenters. The Balaban J connectivity index is 2.07. The number of benzene rings is 1. The number of rotatable bonds is 6. The summed E-state index contributed by atoms with van der Waals surface area (Å²) in [5.41, 5.74) is 0.0741. The summed E-state index contributed by atoms with van der Waals surface area (Å²) in [5.74, 6) is -0.425. The fourth-order valence-electron chi connectivity index (χ4n) is 2.01. The van der Waals surface area contributed by atoms with Crippen molar-refractivity contribution in [1.29, 1.82) is 0 Å². The predicted molar refractivity (Wildman–Crippen MR) is 70.5 cm³/mol. The summed E-state index contributed by atoms with van der Waals surface area (Å²) in [6, 6.07) is 5.12. The third kappa shape index (κ3) is 3.78. The molecule has 5 nitrogen and oxygen atoms in total. The monoisotopic (exact) mass is 283 g/mol. The number of hydrogen-bond acceptors (Lipinski definition) is 3. The molecule has 2 N–H and O–H groups in total. The van der Waals surface area contributed by atoms with Crippen molar-refractivity contribution in [2.45, 2.75) is 37.1 Å². The van der Waals surface area contributed by atoms with Gasteiger partial charge in [0, 0.05) is 6.04 Å². The smallest absolute Gasteiger partial charge is 0.335 e. The van der Waals surface area contributed by atoms with Gasteiger partial charge in [0.2, 0.25) is 10.0 Å². The average Bonchev–Trinajstić information content (AvgIpc) is 3.12. The molecule has 19 heavy (non-hydrogen) atoms. The first-order chi connectivity index (χ1) is 8.88. The van der Waals surface area contributed by atoms with Crippen LogP contribution in [-0.4, -0.2) is 25.5 Å². The van der Waals surface area contributed by atoms with E-state index in [0.717, 1.165) is 6.42 Å². The van der Waals surface area contributed by atoms with Crippen LogP contribution in [0.15, 0.2) is 29.2 Å². The van der Waals surface area contributed by atoms with Crippen LogP contribution in [-0.2, 0) is 10.0 Å². The molecule has 1 aliphatic rings. The molecule has 0 radical (unpaired) electrons. The number of carboxylic acids is 1. The third-order valence-electron chi connectivity index (χ3n) is 3.15. The van der Waals surface area contributed by atoms with E-state index in [9.17, 15) is 13.2 Å². The van der Waals surface area contributed by atoms with Gasteiger partial charge in [-0.1, -0.05) is 12.8 Å². The molecule has 0 spiro atoms. The van der Waals surface area contributed by atoms with E-state index in [0.29, 0.717) is 5.92 Å². The zero-order valence-electron chi connectivity index (χ0n) is 10.7. The molecule has 1 aromatic rings. The van der Waals surface area contributed by atoms with Crippen LogP contribution in [0.1, 0.15) is 36.5 Å². The van der Waals surface area contributed by atoms with Crippen molar-refractivity contribution < 1.29 is 18.3 Å². The van der Waals surface area contributed by atoms with E-state index in [2.05, 4.69) is 4.72 Å². The van der Waals surface area contributed by atoms with E-state index in [1.54, 1.807) is 0 Å². The largest absolute Gasteiger partial charge is 0.478 e. The number of aromatic carboxylic acids is 1. The summed E-state index contributed by atoms with van der Waals surface area (Å²) in [6.45, 7) is 1.85. The van der Waals surface area contributed by atoms with Gasteiger partial charge in [-0.05, 0) is 43.5 Å². The molecular formula is C13H17NO4S. The van der Waals surface area contributed by atoms with E-state index < -0.39 is 16.0 Å². The van der Waals surface area contributed by atoms with Crippen LogP contribution < -0.4 is 4.72 Å². The van der Waals surface area contributed by atoms with E-state index in [1.165, 1.54) is 37.1 Å². The van der Waals surface area contributed by atoms with Crippen LogP contribution >= 0.6 is 0 Å². The highest BCUT2D eigenvalue weighted by atomic mass is 32.2. The van der Waals surface area contributed by atoms with Crippen molar-refractivity contribution in [2.75, 3.05) is 0 Å². The maximum absolute atomic E-state index is 12.1. The number of hydrogen-bond donors (Lipinski definition) is 2. The van der Waals surface area contributed by atoms with Crippen molar-refractivity contribution in [3.63, 3.8) is 0 Å². The topological polar surface area (TPSA) is 83.5 Å². The maximum atomic E-state index is 12.1. The van der Waals surface area contributed by atoms with Crippen LogP contribution in [0.2, 0.25) is 0 Å². The van der Waals surface area contributed by atoms with Crippen molar-refractivity contribution in [3.8, 4) is 0 Å². The van der Waals surface area contributed by atoms with Crippen LogP contribution in [0.4, 0.5) is 0 Å². The number of carbonyl (C=O) groups is 1. The van der Waals surface area contributed by atoms with Gasteiger partial charge in [0.15, 0.2) is 0 Å². The maximum Gasteiger partial charge on any atom is 0.335 e. The van der Waals surface area contributed by atoms with E-state index >= 15 is 0 Å². The van der Waals surface area contributed by atoms with Crippen molar-refractivity contribution in [2.24, 2.45) is 5.92 Å². The summed E-state index contributed by atoms with van der Waals surface area (Å²) in [5, 5.41) is 8.76. The lowest BCUT2D eigenvalue weighted by molar-refractivity contribution is 0.0696. The summed E-state index contributed by atoms with van der Waals surface area (Å²) < 4.78 is 26.8. The first kappa shape index (κ1) is 14.0. The summed E-state index contributed by atoms with van der Waals surface area (Å²) in [7, 11) is -3.56. The second-order valence-corrected chi connectivity index (χ2v) is 6.74. The third-order valence-corrected chi connectivity index (χ3v) is 4.76. The lowest BCUT2D eigenvalue weighted by Gasteiger charge is -2.13. The lowest BCUT2D eigenvalue weighted by Crippen LogP contribution is -2.32. The SMILES string of the molecule is CC(CC1CC1)NS(=O)(=O)c1ccc(C(=O)O)cc1. The van der Waals surface area contributed by atoms with Gasteiger partial charge in [-0.2, -0.15) is 0 Å². The zero-order chi connectivity index (χ0) is 14.0. The van der Waals surface area contributed by atoms with Gasteiger partial charge in [0.25, 0.3) is 0 Å². The Hall–Kier alpha value is -1.40. The molecule has 6 heteroatoms. The van der Waals surface area contributed by atoms with E-state index in [1.807, 2.05) is 6.92 Å². The van der Waals surface area contributed by atoms with Crippen LogP contribution in [0.5, 0.6) is 0 Å². The van der Waals surface area contributed by atoms with Crippen LogP contribution in [0.3, 0.4) is 0 Å². The number of sulfonamides is 1. The first-order valence-corrected chi connectivity index (χ1v) is 7.72. The summed E-state index contributed by atoms with van der Waals surface area (Å²) in [6.07, 6.45) is 3.21. The predicted octanol–water partition coefficient (Wildman–Crippen LogP) is 1.85. The molecule has 0 aliphatic heterocycles. The minimum Gasteiger partial charge on any atom is -0.478 e. The molecule has 104 valence electrons. The molecule has 1 atom stereocenters. The highest BCUT2D eigenvalue weighted by molar-refractivity contribution is 7.89.